The monoisotopic (exact) mass is 233 g/mol. The van der Waals surface area contributed by atoms with E-state index in [0.29, 0.717) is 5.75 Å². The summed E-state index contributed by atoms with van der Waals surface area (Å²) in [6.07, 6.45) is 10.7. The Morgan fingerprint density at radius 3 is 3.00 bits per heavy atom. The van der Waals surface area contributed by atoms with Crippen molar-refractivity contribution in [3.05, 3.63) is 35.7 Å². The number of allylic oxidation sites excluding steroid dienone is 1. The molecule has 0 spiro atoms. The zero-order valence-electron chi connectivity index (χ0n) is 10.2. The lowest BCUT2D eigenvalue weighted by Crippen LogP contribution is -2.02. The third-order valence-corrected chi connectivity index (χ3v) is 3.20. The summed E-state index contributed by atoms with van der Waals surface area (Å²) in [6.45, 7) is 0. The second-order valence-corrected chi connectivity index (χ2v) is 4.49. The van der Waals surface area contributed by atoms with Gasteiger partial charge in [-0.25, -0.2) is 0 Å². The van der Waals surface area contributed by atoms with Gasteiger partial charge in [-0.3, -0.25) is 4.98 Å². The van der Waals surface area contributed by atoms with Crippen molar-refractivity contribution in [2.45, 2.75) is 38.2 Å². The van der Waals surface area contributed by atoms with Crippen LogP contribution < -0.4 is 4.74 Å². The van der Waals surface area contributed by atoms with Crippen LogP contribution in [-0.4, -0.2) is 17.2 Å². The Hall–Kier alpha value is -1.35. The Balaban J connectivity index is 2.03. The van der Waals surface area contributed by atoms with E-state index in [2.05, 4.69) is 11.1 Å². The first-order valence-electron chi connectivity index (χ1n) is 6.14. The normalized spacial score (nSPS) is 17.4. The molecule has 1 N–H and O–H groups in total. The fourth-order valence-electron chi connectivity index (χ4n) is 2.19. The molecule has 1 aliphatic carbocycles. The lowest BCUT2D eigenvalue weighted by molar-refractivity contribution is 0.175. The molecule has 1 heterocycles. The molecule has 0 saturated carbocycles. The molecule has 3 nitrogen and oxygen atoms in total. The predicted octanol–water partition coefficient (Wildman–Crippen LogP) is 3.01. The van der Waals surface area contributed by atoms with Crippen molar-refractivity contribution in [2.75, 3.05) is 7.11 Å². The number of aromatic nitrogens is 1. The van der Waals surface area contributed by atoms with Gasteiger partial charge in [-0.2, -0.15) is 0 Å². The Kier molecular flexibility index (Phi) is 4.15. The van der Waals surface area contributed by atoms with Crippen LogP contribution in [0.1, 0.15) is 43.8 Å². The van der Waals surface area contributed by atoms with Crippen LogP contribution in [0.5, 0.6) is 5.75 Å². The first-order chi connectivity index (χ1) is 8.29. The van der Waals surface area contributed by atoms with Crippen molar-refractivity contribution >= 4 is 0 Å². The molecule has 0 bridgehead atoms. The summed E-state index contributed by atoms with van der Waals surface area (Å²) in [5.41, 5.74) is 2.20. The molecule has 3 heteroatoms. The molecule has 1 atom stereocenters. The molecule has 1 unspecified atom stereocenters. The highest BCUT2D eigenvalue weighted by atomic mass is 16.5. The summed E-state index contributed by atoms with van der Waals surface area (Å²) in [5.74, 6) is 0.694. The molecule has 0 aromatic carbocycles. The molecule has 0 fully saturated rings. The topological polar surface area (TPSA) is 42.4 Å². The Morgan fingerprint density at radius 1 is 1.41 bits per heavy atom. The second kappa shape index (κ2) is 5.82. The molecule has 17 heavy (non-hydrogen) atoms. The Labute approximate surface area is 102 Å². The minimum Gasteiger partial charge on any atom is -0.495 e. The highest BCUT2D eigenvalue weighted by molar-refractivity contribution is 5.26. The van der Waals surface area contributed by atoms with Gasteiger partial charge in [-0.15, -0.1) is 0 Å². The molecule has 2 rings (SSSR count). The van der Waals surface area contributed by atoms with Crippen molar-refractivity contribution in [3.63, 3.8) is 0 Å². The average Bonchev–Trinajstić information content (AvgIpc) is 2.40. The van der Waals surface area contributed by atoms with E-state index in [1.165, 1.54) is 18.4 Å². The molecule has 0 aliphatic heterocycles. The minimum atomic E-state index is -0.470. The summed E-state index contributed by atoms with van der Waals surface area (Å²) >= 11 is 0. The maximum atomic E-state index is 10.2. The van der Waals surface area contributed by atoms with Crippen LogP contribution in [0.15, 0.2) is 30.1 Å². The van der Waals surface area contributed by atoms with Gasteiger partial charge < -0.3 is 9.84 Å². The second-order valence-electron chi connectivity index (χ2n) is 4.49. The largest absolute Gasteiger partial charge is 0.495 e. The van der Waals surface area contributed by atoms with Crippen molar-refractivity contribution in [3.8, 4) is 5.75 Å². The number of pyridine rings is 1. The zero-order valence-corrected chi connectivity index (χ0v) is 10.2. The van der Waals surface area contributed by atoms with E-state index < -0.39 is 6.10 Å². The highest BCUT2D eigenvalue weighted by Crippen LogP contribution is 2.28. The molecular formula is C14H19NO2. The number of aliphatic hydroxyl groups is 1. The number of aliphatic hydroxyl groups excluding tert-OH is 1. The number of rotatable bonds is 4. The maximum absolute atomic E-state index is 10.2. The lowest BCUT2D eigenvalue weighted by atomic mass is 9.93. The summed E-state index contributed by atoms with van der Waals surface area (Å²) < 4.78 is 5.11. The van der Waals surface area contributed by atoms with Crippen molar-refractivity contribution in [1.29, 1.82) is 0 Å². The van der Waals surface area contributed by atoms with Crippen LogP contribution in [0.3, 0.4) is 0 Å². The van der Waals surface area contributed by atoms with E-state index in [4.69, 9.17) is 4.74 Å². The van der Waals surface area contributed by atoms with Crippen LogP contribution in [0.4, 0.5) is 0 Å². The van der Waals surface area contributed by atoms with Gasteiger partial charge in [0, 0.05) is 11.8 Å². The van der Waals surface area contributed by atoms with Gasteiger partial charge in [0.2, 0.25) is 0 Å². The van der Waals surface area contributed by atoms with E-state index in [9.17, 15) is 5.11 Å². The fraction of sp³-hybridized carbons (Fsp3) is 0.500. The highest BCUT2D eigenvalue weighted by Gasteiger charge is 2.13. The maximum Gasteiger partial charge on any atom is 0.137 e. The molecule has 1 aromatic rings. The van der Waals surface area contributed by atoms with Crippen LogP contribution >= 0.6 is 0 Å². The van der Waals surface area contributed by atoms with Crippen LogP contribution in [-0.2, 0) is 0 Å². The third kappa shape index (κ3) is 3.30. The number of ether oxygens (including phenoxy) is 1. The average molecular weight is 233 g/mol. The Bertz CT molecular complexity index is 401. The quantitative estimate of drug-likeness (QED) is 0.813. The molecule has 1 aliphatic rings. The molecule has 92 valence electrons. The van der Waals surface area contributed by atoms with E-state index in [0.717, 1.165) is 24.8 Å². The van der Waals surface area contributed by atoms with E-state index in [1.54, 1.807) is 19.5 Å². The zero-order chi connectivity index (χ0) is 12.1. The van der Waals surface area contributed by atoms with Gasteiger partial charge in [-0.1, -0.05) is 11.6 Å². The smallest absolute Gasteiger partial charge is 0.137 e. The van der Waals surface area contributed by atoms with Crippen LogP contribution in [0, 0.1) is 0 Å². The SMILES string of the molecule is COc1cncc(C(O)CC2=CCCCC2)c1. The first kappa shape index (κ1) is 12.1. The first-order valence-corrected chi connectivity index (χ1v) is 6.14. The molecular weight excluding hydrogens is 214 g/mol. The van der Waals surface area contributed by atoms with E-state index in [1.807, 2.05) is 6.07 Å². The molecule has 0 saturated heterocycles. The van der Waals surface area contributed by atoms with Crippen molar-refractivity contribution in [1.82, 2.24) is 4.98 Å². The Morgan fingerprint density at radius 2 is 2.29 bits per heavy atom. The van der Waals surface area contributed by atoms with Gasteiger partial charge >= 0.3 is 0 Å². The predicted molar refractivity (Wildman–Crippen MR) is 66.9 cm³/mol. The summed E-state index contributed by atoms with van der Waals surface area (Å²) in [4.78, 5) is 4.07. The van der Waals surface area contributed by atoms with Gasteiger partial charge in [-0.05, 0) is 38.2 Å². The number of nitrogens with zero attached hydrogens (tertiary/aromatic N) is 1. The number of hydrogen-bond acceptors (Lipinski definition) is 3. The molecule has 0 amide bonds. The minimum absolute atomic E-state index is 0.470. The standard InChI is InChI=1S/C14H19NO2/c1-17-13-8-12(9-15-10-13)14(16)7-11-5-3-2-4-6-11/h5,8-10,14,16H,2-4,6-7H2,1H3. The van der Waals surface area contributed by atoms with Crippen LogP contribution in [0.2, 0.25) is 0 Å². The summed E-state index contributed by atoms with van der Waals surface area (Å²) in [5, 5.41) is 10.2. The van der Waals surface area contributed by atoms with E-state index in [-0.39, 0.29) is 0 Å². The molecule has 0 radical (unpaired) electrons. The number of hydrogen-bond donors (Lipinski definition) is 1. The summed E-state index contributed by atoms with van der Waals surface area (Å²) in [6, 6.07) is 1.85. The van der Waals surface area contributed by atoms with Gasteiger partial charge in [0.1, 0.15) is 5.75 Å². The third-order valence-electron chi connectivity index (χ3n) is 3.20. The number of methoxy groups -OCH3 is 1. The molecule has 1 aromatic heterocycles. The van der Waals surface area contributed by atoms with Crippen molar-refractivity contribution in [2.24, 2.45) is 0 Å². The fourth-order valence-corrected chi connectivity index (χ4v) is 2.19. The van der Waals surface area contributed by atoms with Gasteiger partial charge in [0.05, 0.1) is 19.4 Å². The van der Waals surface area contributed by atoms with Gasteiger partial charge in [0.15, 0.2) is 0 Å². The van der Waals surface area contributed by atoms with Crippen molar-refractivity contribution < 1.29 is 9.84 Å². The van der Waals surface area contributed by atoms with Crippen LogP contribution in [0.25, 0.3) is 0 Å². The van der Waals surface area contributed by atoms with E-state index >= 15 is 0 Å². The lowest BCUT2D eigenvalue weighted by Gasteiger charge is -2.17. The van der Waals surface area contributed by atoms with Gasteiger partial charge in [0.25, 0.3) is 0 Å². The summed E-state index contributed by atoms with van der Waals surface area (Å²) in [7, 11) is 1.61.